The Hall–Kier alpha value is -1.66. The number of nitrogens with one attached hydrogen (secondary N) is 2. The van der Waals surface area contributed by atoms with Crippen LogP contribution in [0.2, 0.25) is 0 Å². The first-order valence-corrected chi connectivity index (χ1v) is 8.67. The molecule has 0 radical (unpaired) electrons. The van der Waals surface area contributed by atoms with Crippen LogP contribution in [0.4, 0.5) is 14.9 Å². The maximum atomic E-state index is 13.4. The summed E-state index contributed by atoms with van der Waals surface area (Å²) in [6.45, 7) is 7.98. The van der Waals surface area contributed by atoms with Gasteiger partial charge in [-0.2, -0.15) is 0 Å². The summed E-state index contributed by atoms with van der Waals surface area (Å²) >= 11 is 0. The summed E-state index contributed by atoms with van der Waals surface area (Å²) < 4.78 is 13.4. The molecule has 2 fully saturated rings. The number of nitrogens with zero attached hydrogens (tertiary/aromatic N) is 2. The first-order chi connectivity index (χ1) is 11.4. The standard InChI is InChI=1S/C18H27FN4O/c1-14-9-15(19)11-16(10-14)21-17(24)20-12-18(3-4-18)13-23-7-5-22(2)6-8-23/h9-11H,3-8,12-13H2,1-2H3,(H2,20,21,24). The van der Waals surface area contributed by atoms with E-state index < -0.39 is 0 Å². The van der Waals surface area contributed by atoms with Gasteiger partial charge in [-0.25, -0.2) is 9.18 Å². The van der Waals surface area contributed by atoms with Gasteiger partial charge in [0.2, 0.25) is 0 Å². The molecule has 6 heteroatoms. The van der Waals surface area contributed by atoms with Crippen LogP contribution < -0.4 is 10.6 Å². The van der Waals surface area contributed by atoms with Gasteiger partial charge in [-0.3, -0.25) is 0 Å². The highest BCUT2D eigenvalue weighted by atomic mass is 19.1. The van der Waals surface area contributed by atoms with Crippen molar-refractivity contribution in [2.45, 2.75) is 19.8 Å². The fourth-order valence-corrected chi connectivity index (χ4v) is 3.30. The van der Waals surface area contributed by atoms with Crippen molar-refractivity contribution < 1.29 is 9.18 Å². The number of aryl methyl sites for hydroxylation is 1. The molecule has 1 aromatic carbocycles. The second-order valence-electron chi connectivity index (χ2n) is 7.40. The van der Waals surface area contributed by atoms with Gasteiger partial charge in [-0.15, -0.1) is 0 Å². The summed E-state index contributed by atoms with van der Waals surface area (Å²) in [5.41, 5.74) is 1.51. The van der Waals surface area contributed by atoms with Gasteiger partial charge < -0.3 is 20.4 Å². The predicted molar refractivity (Wildman–Crippen MR) is 93.8 cm³/mol. The van der Waals surface area contributed by atoms with E-state index in [2.05, 4.69) is 27.5 Å². The van der Waals surface area contributed by atoms with Gasteiger partial charge >= 0.3 is 6.03 Å². The Morgan fingerprint density at radius 3 is 2.54 bits per heavy atom. The molecule has 1 aliphatic heterocycles. The number of carbonyl (C=O) groups is 1. The summed E-state index contributed by atoms with van der Waals surface area (Å²) in [4.78, 5) is 16.9. The average molecular weight is 334 g/mol. The Balaban J connectivity index is 1.45. The molecule has 24 heavy (non-hydrogen) atoms. The maximum absolute atomic E-state index is 13.4. The Kier molecular flexibility index (Phi) is 5.06. The quantitative estimate of drug-likeness (QED) is 0.868. The molecule has 0 bridgehead atoms. The monoisotopic (exact) mass is 334 g/mol. The van der Waals surface area contributed by atoms with Crippen molar-refractivity contribution >= 4 is 11.7 Å². The third-order valence-electron chi connectivity index (χ3n) is 5.04. The molecule has 2 N–H and O–H groups in total. The van der Waals surface area contributed by atoms with Crippen LogP contribution in [0.25, 0.3) is 0 Å². The Bertz CT molecular complexity index is 574. The Labute approximate surface area is 143 Å². The van der Waals surface area contributed by atoms with Gasteiger partial charge in [0.05, 0.1) is 0 Å². The smallest absolute Gasteiger partial charge is 0.319 e. The Morgan fingerprint density at radius 2 is 1.92 bits per heavy atom. The minimum atomic E-state index is -0.334. The van der Waals surface area contributed by atoms with Crippen LogP contribution in [0.3, 0.4) is 0 Å². The number of benzene rings is 1. The SMILES string of the molecule is Cc1cc(F)cc(NC(=O)NCC2(CN3CCN(C)CC3)CC2)c1. The molecule has 1 saturated carbocycles. The minimum absolute atomic E-state index is 0.227. The van der Waals surface area contributed by atoms with Crippen LogP contribution in [0, 0.1) is 18.2 Å². The first-order valence-electron chi connectivity index (χ1n) is 8.67. The highest BCUT2D eigenvalue weighted by Gasteiger charge is 2.44. The molecule has 132 valence electrons. The topological polar surface area (TPSA) is 47.6 Å². The molecule has 0 spiro atoms. The zero-order valence-corrected chi connectivity index (χ0v) is 14.6. The second-order valence-corrected chi connectivity index (χ2v) is 7.40. The zero-order chi connectivity index (χ0) is 17.2. The predicted octanol–water partition coefficient (Wildman–Crippen LogP) is 2.28. The summed E-state index contributed by atoms with van der Waals surface area (Å²) in [6, 6.07) is 4.28. The number of hydrogen-bond donors (Lipinski definition) is 2. The van der Waals surface area contributed by atoms with Gasteiger partial charge in [0.1, 0.15) is 5.82 Å². The lowest BCUT2D eigenvalue weighted by Gasteiger charge is -2.34. The molecule has 2 amide bonds. The maximum Gasteiger partial charge on any atom is 0.319 e. The molecule has 1 aromatic rings. The highest BCUT2D eigenvalue weighted by Crippen LogP contribution is 2.45. The number of anilines is 1. The van der Waals surface area contributed by atoms with Gasteiger partial charge in [0, 0.05) is 50.4 Å². The van der Waals surface area contributed by atoms with E-state index in [0.717, 1.165) is 38.3 Å². The number of carbonyl (C=O) groups excluding carboxylic acids is 1. The van der Waals surface area contributed by atoms with Gasteiger partial charge in [0.25, 0.3) is 0 Å². The number of likely N-dealkylation sites (N-methyl/N-ethyl adjacent to an activating group) is 1. The van der Waals surface area contributed by atoms with Crippen molar-refractivity contribution in [2.24, 2.45) is 5.41 Å². The number of rotatable bonds is 5. The fourth-order valence-electron chi connectivity index (χ4n) is 3.30. The van der Waals surface area contributed by atoms with Crippen LogP contribution in [-0.4, -0.2) is 62.1 Å². The molecule has 1 saturated heterocycles. The summed E-state index contributed by atoms with van der Waals surface area (Å²) in [5, 5.41) is 5.68. The third-order valence-corrected chi connectivity index (χ3v) is 5.04. The van der Waals surface area contributed by atoms with E-state index in [9.17, 15) is 9.18 Å². The first kappa shape index (κ1) is 17.2. The average Bonchev–Trinajstić information content (AvgIpc) is 3.27. The van der Waals surface area contributed by atoms with E-state index in [1.165, 1.54) is 25.0 Å². The van der Waals surface area contributed by atoms with E-state index >= 15 is 0 Å². The molecule has 0 atom stereocenters. The van der Waals surface area contributed by atoms with Crippen molar-refractivity contribution in [1.82, 2.24) is 15.1 Å². The molecule has 0 aromatic heterocycles. The highest BCUT2D eigenvalue weighted by molar-refractivity contribution is 5.89. The summed E-state index contributed by atoms with van der Waals surface area (Å²) in [7, 11) is 2.16. The molecule has 2 aliphatic rings. The van der Waals surface area contributed by atoms with E-state index in [0.29, 0.717) is 12.2 Å². The normalized spacial score (nSPS) is 20.6. The molecular weight excluding hydrogens is 307 g/mol. The molecular formula is C18H27FN4O. The van der Waals surface area contributed by atoms with Crippen LogP contribution in [0.5, 0.6) is 0 Å². The third kappa shape index (κ3) is 4.68. The zero-order valence-electron chi connectivity index (χ0n) is 14.6. The number of halogens is 1. The van der Waals surface area contributed by atoms with Gasteiger partial charge in [-0.05, 0) is 50.6 Å². The lowest BCUT2D eigenvalue weighted by Crippen LogP contribution is -2.48. The largest absolute Gasteiger partial charge is 0.337 e. The molecule has 0 unspecified atom stereocenters. The summed E-state index contributed by atoms with van der Waals surface area (Å²) in [5.74, 6) is -0.334. The van der Waals surface area contributed by atoms with Crippen molar-refractivity contribution in [3.63, 3.8) is 0 Å². The number of piperazine rings is 1. The van der Waals surface area contributed by atoms with Crippen LogP contribution in [0.15, 0.2) is 18.2 Å². The van der Waals surface area contributed by atoms with E-state index in [-0.39, 0.29) is 17.3 Å². The Morgan fingerprint density at radius 1 is 1.21 bits per heavy atom. The minimum Gasteiger partial charge on any atom is -0.337 e. The van der Waals surface area contributed by atoms with Crippen LogP contribution in [0.1, 0.15) is 18.4 Å². The molecule has 1 aliphatic carbocycles. The number of amides is 2. The van der Waals surface area contributed by atoms with E-state index in [1.807, 2.05) is 0 Å². The van der Waals surface area contributed by atoms with E-state index in [4.69, 9.17) is 0 Å². The summed E-state index contributed by atoms with van der Waals surface area (Å²) in [6.07, 6.45) is 2.33. The van der Waals surface area contributed by atoms with Crippen molar-refractivity contribution in [3.8, 4) is 0 Å². The van der Waals surface area contributed by atoms with Crippen molar-refractivity contribution in [2.75, 3.05) is 51.6 Å². The second kappa shape index (κ2) is 7.07. The lowest BCUT2D eigenvalue weighted by atomic mass is 10.1. The lowest BCUT2D eigenvalue weighted by molar-refractivity contribution is 0.130. The molecule has 5 nitrogen and oxygen atoms in total. The van der Waals surface area contributed by atoms with Gasteiger partial charge in [-0.1, -0.05) is 0 Å². The fraction of sp³-hybridized carbons (Fsp3) is 0.611. The van der Waals surface area contributed by atoms with Crippen molar-refractivity contribution in [1.29, 1.82) is 0 Å². The molecule has 1 heterocycles. The van der Waals surface area contributed by atoms with E-state index in [1.54, 1.807) is 13.0 Å². The molecule has 3 rings (SSSR count). The van der Waals surface area contributed by atoms with Crippen LogP contribution >= 0.6 is 0 Å². The number of urea groups is 1. The van der Waals surface area contributed by atoms with Crippen LogP contribution in [-0.2, 0) is 0 Å². The van der Waals surface area contributed by atoms with Crippen molar-refractivity contribution in [3.05, 3.63) is 29.6 Å². The van der Waals surface area contributed by atoms with Gasteiger partial charge in [0.15, 0.2) is 0 Å². The number of hydrogen-bond acceptors (Lipinski definition) is 3.